The van der Waals surface area contributed by atoms with E-state index in [4.69, 9.17) is 0 Å². The van der Waals surface area contributed by atoms with Crippen molar-refractivity contribution in [2.45, 2.75) is 39.2 Å². The second-order valence-corrected chi connectivity index (χ2v) is 6.66. The molecule has 3 nitrogen and oxygen atoms in total. The van der Waals surface area contributed by atoms with Gasteiger partial charge in [0.25, 0.3) is 0 Å². The quantitative estimate of drug-likeness (QED) is 0.868. The van der Waals surface area contributed by atoms with Crippen molar-refractivity contribution in [1.82, 2.24) is 0 Å². The Hall–Kier alpha value is -2.36. The van der Waals surface area contributed by atoms with Gasteiger partial charge < -0.3 is 10.6 Å². The minimum absolute atomic E-state index is 0.0896. The summed E-state index contributed by atoms with van der Waals surface area (Å²) in [6.45, 7) is 8.20. The van der Waals surface area contributed by atoms with Crippen LogP contribution in [-0.4, -0.2) is 11.9 Å². The number of para-hydroxylation sites is 1. The fraction of sp³-hybridized carbons (Fsp3) is 0.316. The predicted octanol–water partition coefficient (Wildman–Crippen LogP) is 4.56. The SMILES string of the molecule is C[C@@H](Nc1ccc(C(C)(C)C)cc1)C(=O)Nc1ccccc1F. The number of halogens is 1. The van der Waals surface area contributed by atoms with Gasteiger partial charge >= 0.3 is 0 Å². The minimum Gasteiger partial charge on any atom is -0.374 e. The second-order valence-electron chi connectivity index (χ2n) is 6.66. The van der Waals surface area contributed by atoms with E-state index in [0.29, 0.717) is 0 Å². The van der Waals surface area contributed by atoms with Gasteiger partial charge in [0.1, 0.15) is 11.9 Å². The van der Waals surface area contributed by atoms with Crippen molar-refractivity contribution in [3.63, 3.8) is 0 Å². The van der Waals surface area contributed by atoms with E-state index in [0.717, 1.165) is 5.69 Å². The Morgan fingerprint density at radius 3 is 2.22 bits per heavy atom. The highest BCUT2D eigenvalue weighted by atomic mass is 19.1. The summed E-state index contributed by atoms with van der Waals surface area (Å²) >= 11 is 0. The Bertz CT molecular complexity index is 675. The lowest BCUT2D eigenvalue weighted by atomic mass is 9.87. The van der Waals surface area contributed by atoms with E-state index < -0.39 is 11.9 Å². The second kappa shape index (κ2) is 6.82. The van der Waals surface area contributed by atoms with Gasteiger partial charge in [0.05, 0.1) is 5.69 Å². The van der Waals surface area contributed by atoms with Crippen LogP contribution < -0.4 is 10.6 Å². The molecule has 2 aromatic rings. The van der Waals surface area contributed by atoms with Gasteiger partial charge in [-0.3, -0.25) is 4.79 Å². The van der Waals surface area contributed by atoms with Gasteiger partial charge in [0.2, 0.25) is 5.91 Å². The van der Waals surface area contributed by atoms with E-state index in [1.165, 1.54) is 17.7 Å². The zero-order chi connectivity index (χ0) is 17.0. The molecule has 0 aliphatic heterocycles. The molecular formula is C19H23FN2O. The normalized spacial score (nSPS) is 12.6. The molecule has 1 atom stereocenters. The number of carbonyl (C=O) groups is 1. The Balaban J connectivity index is 2.00. The molecular weight excluding hydrogens is 291 g/mol. The molecule has 23 heavy (non-hydrogen) atoms. The topological polar surface area (TPSA) is 41.1 Å². The van der Waals surface area contributed by atoms with Crippen LogP contribution in [0.3, 0.4) is 0 Å². The van der Waals surface area contributed by atoms with Gasteiger partial charge in [-0.2, -0.15) is 0 Å². The number of carbonyl (C=O) groups excluding carboxylic acids is 1. The van der Waals surface area contributed by atoms with E-state index in [1.807, 2.05) is 24.3 Å². The third-order valence-corrected chi connectivity index (χ3v) is 3.66. The fourth-order valence-corrected chi connectivity index (χ4v) is 2.19. The van der Waals surface area contributed by atoms with E-state index >= 15 is 0 Å². The molecule has 0 aliphatic carbocycles. The lowest BCUT2D eigenvalue weighted by Gasteiger charge is -2.20. The van der Waals surface area contributed by atoms with Crippen LogP contribution in [0.2, 0.25) is 0 Å². The number of amides is 1. The van der Waals surface area contributed by atoms with Gasteiger partial charge in [0, 0.05) is 5.69 Å². The standard InChI is InChI=1S/C19H23FN2O/c1-13(18(23)22-17-8-6-5-7-16(17)20)21-15-11-9-14(10-12-15)19(2,3)4/h5-13,21H,1-4H3,(H,22,23)/t13-/m1/s1. The van der Waals surface area contributed by atoms with Gasteiger partial charge in [-0.05, 0) is 42.2 Å². The lowest BCUT2D eigenvalue weighted by molar-refractivity contribution is -0.116. The van der Waals surface area contributed by atoms with E-state index in [9.17, 15) is 9.18 Å². The maximum atomic E-state index is 13.6. The number of anilines is 2. The van der Waals surface area contributed by atoms with Crippen LogP contribution in [-0.2, 0) is 10.2 Å². The molecule has 122 valence electrons. The summed E-state index contributed by atoms with van der Waals surface area (Å²) in [6, 6.07) is 13.6. The van der Waals surface area contributed by atoms with Crippen LogP contribution in [0, 0.1) is 5.82 Å². The molecule has 0 spiro atoms. The van der Waals surface area contributed by atoms with Crippen LogP contribution in [0.5, 0.6) is 0 Å². The molecule has 2 aromatic carbocycles. The number of hydrogen-bond donors (Lipinski definition) is 2. The molecule has 2 rings (SSSR count). The molecule has 0 radical (unpaired) electrons. The van der Waals surface area contributed by atoms with Gasteiger partial charge in [0.15, 0.2) is 0 Å². The molecule has 0 aliphatic rings. The first-order valence-corrected chi connectivity index (χ1v) is 7.70. The van der Waals surface area contributed by atoms with Gasteiger partial charge in [-0.15, -0.1) is 0 Å². The molecule has 0 heterocycles. The lowest BCUT2D eigenvalue weighted by Crippen LogP contribution is -2.32. The third-order valence-electron chi connectivity index (χ3n) is 3.66. The van der Waals surface area contributed by atoms with Gasteiger partial charge in [-0.1, -0.05) is 45.0 Å². The number of hydrogen-bond acceptors (Lipinski definition) is 2. The average Bonchev–Trinajstić information content (AvgIpc) is 2.49. The third kappa shape index (κ3) is 4.55. The highest BCUT2D eigenvalue weighted by Crippen LogP contribution is 2.23. The molecule has 0 aromatic heterocycles. The summed E-state index contributed by atoms with van der Waals surface area (Å²) in [6.07, 6.45) is 0. The molecule has 4 heteroatoms. The Morgan fingerprint density at radius 1 is 1.04 bits per heavy atom. The molecule has 0 unspecified atom stereocenters. The van der Waals surface area contributed by atoms with Crippen LogP contribution in [0.4, 0.5) is 15.8 Å². The summed E-state index contributed by atoms with van der Waals surface area (Å²) in [5, 5.41) is 5.71. The molecule has 0 bridgehead atoms. The van der Waals surface area contributed by atoms with Gasteiger partial charge in [-0.25, -0.2) is 4.39 Å². The first-order chi connectivity index (χ1) is 10.8. The predicted molar refractivity (Wildman–Crippen MR) is 93.3 cm³/mol. The van der Waals surface area contributed by atoms with Crippen molar-refractivity contribution < 1.29 is 9.18 Å². The molecule has 1 amide bonds. The Kier molecular flexibility index (Phi) is 5.04. The van der Waals surface area contributed by atoms with Crippen molar-refractivity contribution >= 4 is 17.3 Å². The zero-order valence-electron chi connectivity index (χ0n) is 14.0. The number of rotatable bonds is 4. The maximum Gasteiger partial charge on any atom is 0.246 e. The van der Waals surface area contributed by atoms with Crippen molar-refractivity contribution in [3.05, 3.63) is 59.9 Å². The highest BCUT2D eigenvalue weighted by Gasteiger charge is 2.16. The van der Waals surface area contributed by atoms with Crippen LogP contribution in [0.1, 0.15) is 33.3 Å². The average molecular weight is 314 g/mol. The summed E-state index contributed by atoms with van der Waals surface area (Å²) in [4.78, 5) is 12.2. The number of nitrogens with one attached hydrogen (secondary N) is 2. The first-order valence-electron chi connectivity index (χ1n) is 7.70. The molecule has 0 fully saturated rings. The van der Waals surface area contributed by atoms with Crippen LogP contribution >= 0.6 is 0 Å². The van der Waals surface area contributed by atoms with Crippen molar-refractivity contribution in [1.29, 1.82) is 0 Å². The van der Waals surface area contributed by atoms with Crippen molar-refractivity contribution in [2.24, 2.45) is 0 Å². The van der Waals surface area contributed by atoms with Crippen LogP contribution in [0.25, 0.3) is 0 Å². The zero-order valence-corrected chi connectivity index (χ0v) is 14.0. The number of benzene rings is 2. The van der Waals surface area contributed by atoms with E-state index in [-0.39, 0.29) is 17.0 Å². The molecule has 0 saturated carbocycles. The highest BCUT2D eigenvalue weighted by molar-refractivity contribution is 5.96. The van der Waals surface area contributed by atoms with Crippen LogP contribution in [0.15, 0.2) is 48.5 Å². The largest absolute Gasteiger partial charge is 0.374 e. The Morgan fingerprint density at radius 2 is 1.65 bits per heavy atom. The summed E-state index contributed by atoms with van der Waals surface area (Å²) < 4.78 is 13.6. The molecule has 0 saturated heterocycles. The smallest absolute Gasteiger partial charge is 0.246 e. The molecule has 2 N–H and O–H groups in total. The summed E-state index contributed by atoms with van der Waals surface area (Å²) in [5.74, 6) is -0.724. The minimum atomic E-state index is -0.477. The van der Waals surface area contributed by atoms with Crippen molar-refractivity contribution in [2.75, 3.05) is 10.6 Å². The summed E-state index contributed by atoms with van der Waals surface area (Å²) in [5.41, 5.74) is 2.36. The fourth-order valence-electron chi connectivity index (χ4n) is 2.19. The maximum absolute atomic E-state index is 13.6. The van der Waals surface area contributed by atoms with E-state index in [2.05, 4.69) is 31.4 Å². The monoisotopic (exact) mass is 314 g/mol. The Labute approximate surface area is 136 Å². The van der Waals surface area contributed by atoms with E-state index in [1.54, 1.807) is 19.1 Å². The summed E-state index contributed by atoms with van der Waals surface area (Å²) in [7, 11) is 0. The first kappa shape index (κ1) is 17.0. The van der Waals surface area contributed by atoms with Crippen molar-refractivity contribution in [3.8, 4) is 0 Å².